The number of hydrogen-bond donors (Lipinski definition) is 3. The van der Waals surface area contributed by atoms with E-state index in [1.807, 2.05) is 37.3 Å². The highest BCUT2D eigenvalue weighted by atomic mass is 19.3. The number of aliphatic hydroxyl groups excluding tert-OH is 1. The number of halogens is 2. The minimum atomic E-state index is -2.95. The molecule has 0 aliphatic carbocycles. The van der Waals surface area contributed by atoms with Crippen LogP contribution in [0.2, 0.25) is 0 Å². The van der Waals surface area contributed by atoms with Gasteiger partial charge in [0.25, 0.3) is 17.7 Å². The highest BCUT2D eigenvalue weighted by molar-refractivity contribution is 6.00. The fraction of sp³-hybridized carbons (Fsp3) is 0.343. The number of oxazole rings is 1. The van der Waals surface area contributed by atoms with E-state index < -0.39 is 24.0 Å². The van der Waals surface area contributed by atoms with Crippen molar-refractivity contribution in [3.63, 3.8) is 0 Å². The number of amides is 2. The minimum absolute atomic E-state index is 0.0785. The van der Waals surface area contributed by atoms with Crippen molar-refractivity contribution in [3.05, 3.63) is 125 Å². The van der Waals surface area contributed by atoms with Crippen molar-refractivity contribution in [3.8, 4) is 0 Å². The molecule has 0 unspecified atom stereocenters. The third-order valence-electron chi connectivity index (χ3n) is 8.00. The maximum Gasteiger partial charge on any atom is 0.270 e. The highest BCUT2D eigenvalue weighted by Crippen LogP contribution is 2.33. The van der Waals surface area contributed by atoms with Crippen molar-refractivity contribution in [2.45, 2.75) is 63.8 Å². The normalized spacial score (nSPS) is 16.4. The van der Waals surface area contributed by atoms with Crippen LogP contribution in [0.3, 0.4) is 0 Å². The monoisotopic (exact) mass is 616 g/mol. The van der Waals surface area contributed by atoms with Crippen LogP contribution >= 0.6 is 0 Å². The maximum atomic E-state index is 13.8. The van der Waals surface area contributed by atoms with Gasteiger partial charge in [-0.05, 0) is 61.6 Å². The van der Waals surface area contributed by atoms with E-state index in [0.29, 0.717) is 35.5 Å². The number of nitrogens with zero attached hydrogens (tertiary/aromatic N) is 2. The van der Waals surface area contributed by atoms with Gasteiger partial charge in [-0.3, -0.25) is 9.59 Å². The summed E-state index contributed by atoms with van der Waals surface area (Å²) in [7, 11) is 0. The van der Waals surface area contributed by atoms with E-state index in [1.54, 1.807) is 47.6 Å². The summed E-state index contributed by atoms with van der Waals surface area (Å²) in [6.07, 6.45) is 2.50. The summed E-state index contributed by atoms with van der Waals surface area (Å²) >= 11 is 0. The van der Waals surface area contributed by atoms with E-state index in [-0.39, 0.29) is 30.6 Å². The number of carbonyl (C=O) groups excluding carboxylic acids is 2. The van der Waals surface area contributed by atoms with Gasteiger partial charge in [-0.25, -0.2) is 13.8 Å². The number of aryl methyl sites for hydroxylation is 1. The number of nitrogens with one attached hydrogen (secondary N) is 2. The Labute approximate surface area is 261 Å². The maximum absolute atomic E-state index is 13.8. The zero-order valence-electron chi connectivity index (χ0n) is 25.4. The van der Waals surface area contributed by atoms with Crippen molar-refractivity contribution >= 4 is 11.8 Å². The molecular weight excluding hydrogens is 578 g/mol. The molecular formula is C35H38F2N4O4. The molecule has 236 valence electrons. The number of alkyl halides is 2. The van der Waals surface area contributed by atoms with Gasteiger partial charge in [-0.2, -0.15) is 0 Å². The van der Waals surface area contributed by atoms with E-state index in [0.717, 1.165) is 31.0 Å². The Kier molecular flexibility index (Phi) is 10.0. The Morgan fingerprint density at radius 2 is 1.78 bits per heavy atom. The van der Waals surface area contributed by atoms with E-state index in [9.17, 15) is 23.5 Å². The van der Waals surface area contributed by atoms with Gasteiger partial charge in [0.15, 0.2) is 0 Å². The molecule has 1 aromatic heterocycles. The summed E-state index contributed by atoms with van der Waals surface area (Å²) in [6, 6.07) is 21.2. The van der Waals surface area contributed by atoms with Crippen LogP contribution in [0.15, 0.2) is 89.5 Å². The summed E-state index contributed by atoms with van der Waals surface area (Å²) in [5.74, 6) is -3.08. The van der Waals surface area contributed by atoms with E-state index >= 15 is 0 Å². The Bertz CT molecular complexity index is 1600. The number of hydrogen-bond acceptors (Lipinski definition) is 6. The molecule has 0 radical (unpaired) electrons. The van der Waals surface area contributed by atoms with Crippen molar-refractivity contribution in [1.29, 1.82) is 0 Å². The molecule has 5 rings (SSSR count). The first-order valence-corrected chi connectivity index (χ1v) is 15.1. The predicted molar refractivity (Wildman–Crippen MR) is 166 cm³/mol. The van der Waals surface area contributed by atoms with Gasteiger partial charge in [-0.1, -0.05) is 54.6 Å². The van der Waals surface area contributed by atoms with Crippen LogP contribution in [-0.2, 0) is 18.9 Å². The van der Waals surface area contributed by atoms with Gasteiger partial charge >= 0.3 is 0 Å². The molecule has 4 aromatic rings. The molecule has 0 saturated carbocycles. The summed E-state index contributed by atoms with van der Waals surface area (Å²) in [6.45, 7) is 3.63. The van der Waals surface area contributed by atoms with Crippen molar-refractivity contribution in [2.24, 2.45) is 0 Å². The zero-order valence-corrected chi connectivity index (χ0v) is 25.4. The smallest absolute Gasteiger partial charge is 0.270 e. The Morgan fingerprint density at radius 1 is 1.04 bits per heavy atom. The second-order valence-corrected chi connectivity index (χ2v) is 11.6. The molecule has 3 aromatic carbocycles. The molecule has 1 saturated heterocycles. The third kappa shape index (κ3) is 8.20. The first-order valence-electron chi connectivity index (χ1n) is 15.1. The SMILES string of the molecule is Cc1coc([C@H]2CCCN2C(=O)c2cccc(C(=O)N[C@@H](Cc3ccccc3)[C@@H](O)CNCc3cccc(C(C)(F)F)c3)c2)n1. The summed E-state index contributed by atoms with van der Waals surface area (Å²) < 4.78 is 33.1. The molecule has 1 fully saturated rings. The first kappa shape index (κ1) is 32.0. The topological polar surface area (TPSA) is 108 Å². The lowest BCUT2D eigenvalue weighted by molar-refractivity contribution is 0.0173. The average Bonchev–Trinajstić information content (AvgIpc) is 3.70. The molecule has 8 nitrogen and oxygen atoms in total. The molecule has 0 bridgehead atoms. The summed E-state index contributed by atoms with van der Waals surface area (Å²) in [5, 5.41) is 17.3. The second kappa shape index (κ2) is 14.1. The molecule has 1 aliphatic heterocycles. The molecule has 1 aliphatic rings. The van der Waals surface area contributed by atoms with Gasteiger partial charge in [0.1, 0.15) is 12.3 Å². The molecule has 3 N–H and O–H groups in total. The zero-order chi connectivity index (χ0) is 32.0. The van der Waals surface area contributed by atoms with Crippen LogP contribution in [0.1, 0.15) is 74.8 Å². The standard InChI is InChI=1S/C35H38F2N4O4/c1-23-22-45-33(39-23)30-15-8-16-41(30)34(44)27-13-7-12-26(19-27)32(43)40-29(18-24-9-4-3-5-10-24)31(42)21-38-20-25-11-6-14-28(17-25)35(2,36)37/h3-7,9-14,17,19,22,29-31,38,42H,8,15-16,18,20-21H2,1-2H3,(H,40,43)/t29-,30+,31-/m0/s1. The number of likely N-dealkylation sites (tertiary alicyclic amines) is 1. The lowest BCUT2D eigenvalue weighted by Gasteiger charge is -2.25. The van der Waals surface area contributed by atoms with Crippen LogP contribution in [0, 0.1) is 6.92 Å². The Hall–Kier alpha value is -4.41. The number of benzene rings is 3. The molecule has 2 amide bonds. The summed E-state index contributed by atoms with van der Waals surface area (Å²) in [4.78, 5) is 33.2. The summed E-state index contributed by atoms with van der Waals surface area (Å²) in [5.41, 5.74) is 2.92. The average molecular weight is 617 g/mol. The molecule has 2 heterocycles. The fourth-order valence-electron chi connectivity index (χ4n) is 5.62. The number of carbonyl (C=O) groups is 2. The van der Waals surface area contributed by atoms with Crippen LogP contribution in [0.4, 0.5) is 8.78 Å². The molecule has 3 atom stereocenters. The lowest BCUT2D eigenvalue weighted by Crippen LogP contribution is -2.48. The third-order valence-corrected chi connectivity index (χ3v) is 8.00. The number of aromatic nitrogens is 1. The lowest BCUT2D eigenvalue weighted by atomic mass is 10.00. The molecule has 0 spiro atoms. The quantitative estimate of drug-likeness (QED) is 0.192. The van der Waals surface area contributed by atoms with E-state index in [2.05, 4.69) is 15.6 Å². The van der Waals surface area contributed by atoms with Gasteiger partial charge in [0, 0.05) is 43.2 Å². The Morgan fingerprint density at radius 3 is 2.51 bits per heavy atom. The van der Waals surface area contributed by atoms with Gasteiger partial charge in [0.05, 0.1) is 17.8 Å². The fourth-order valence-corrected chi connectivity index (χ4v) is 5.62. The Balaban J connectivity index is 1.26. The largest absolute Gasteiger partial charge is 0.446 e. The minimum Gasteiger partial charge on any atom is -0.446 e. The molecule has 10 heteroatoms. The van der Waals surface area contributed by atoms with Crippen LogP contribution < -0.4 is 10.6 Å². The van der Waals surface area contributed by atoms with Gasteiger partial charge in [0.2, 0.25) is 5.89 Å². The van der Waals surface area contributed by atoms with Crippen LogP contribution in [-0.4, -0.2) is 52.0 Å². The first-order chi connectivity index (χ1) is 21.6. The van der Waals surface area contributed by atoms with Crippen LogP contribution in [0.5, 0.6) is 0 Å². The van der Waals surface area contributed by atoms with Gasteiger partial charge < -0.3 is 25.1 Å². The molecule has 45 heavy (non-hydrogen) atoms. The van der Waals surface area contributed by atoms with E-state index in [1.165, 1.54) is 12.1 Å². The number of rotatable bonds is 12. The predicted octanol–water partition coefficient (Wildman–Crippen LogP) is 5.56. The number of aliphatic hydroxyl groups is 1. The van der Waals surface area contributed by atoms with Crippen molar-refractivity contribution < 1.29 is 27.9 Å². The van der Waals surface area contributed by atoms with Gasteiger partial charge in [-0.15, -0.1) is 0 Å². The highest BCUT2D eigenvalue weighted by Gasteiger charge is 2.34. The van der Waals surface area contributed by atoms with E-state index in [4.69, 9.17) is 4.42 Å². The second-order valence-electron chi connectivity index (χ2n) is 11.6. The van der Waals surface area contributed by atoms with Crippen molar-refractivity contribution in [1.82, 2.24) is 20.5 Å². The van der Waals surface area contributed by atoms with Crippen LogP contribution in [0.25, 0.3) is 0 Å². The van der Waals surface area contributed by atoms with Crippen molar-refractivity contribution in [2.75, 3.05) is 13.1 Å².